The quantitative estimate of drug-likeness (QED) is 0.869. The minimum absolute atomic E-state index is 0.110. The van der Waals surface area contributed by atoms with E-state index >= 15 is 0 Å². The zero-order valence-electron chi connectivity index (χ0n) is 10.5. The number of benzene rings is 1. The molecule has 0 bridgehead atoms. The Labute approximate surface area is 109 Å². The van der Waals surface area contributed by atoms with Gasteiger partial charge in [-0.25, -0.2) is 8.78 Å². The second-order valence-electron chi connectivity index (χ2n) is 4.65. The van der Waals surface area contributed by atoms with Crippen LogP contribution in [0, 0.1) is 11.6 Å². The molecular formula is C13H15F2NO3. The number of nitrogens with one attached hydrogen (secondary N) is 1. The predicted molar refractivity (Wildman–Crippen MR) is 63.7 cm³/mol. The molecule has 6 heteroatoms. The number of carbonyl (C=O) groups is 1. The molecule has 2 rings (SSSR count). The first-order valence-corrected chi connectivity index (χ1v) is 6.00. The summed E-state index contributed by atoms with van der Waals surface area (Å²) >= 11 is 0. The molecule has 2 N–H and O–H groups in total. The Bertz CT molecular complexity index is 475. The summed E-state index contributed by atoms with van der Waals surface area (Å²) in [4.78, 5) is 11.7. The van der Waals surface area contributed by atoms with E-state index in [4.69, 9.17) is 4.74 Å². The highest BCUT2D eigenvalue weighted by atomic mass is 19.1. The lowest BCUT2D eigenvalue weighted by Gasteiger charge is -2.26. The fourth-order valence-corrected chi connectivity index (χ4v) is 2.04. The Morgan fingerprint density at radius 1 is 1.53 bits per heavy atom. The van der Waals surface area contributed by atoms with Gasteiger partial charge in [0, 0.05) is 19.6 Å². The monoisotopic (exact) mass is 271 g/mol. The number of aliphatic hydroxyl groups is 1. The molecule has 0 aliphatic carbocycles. The molecule has 1 amide bonds. The second-order valence-corrected chi connectivity index (χ2v) is 4.65. The zero-order valence-corrected chi connectivity index (χ0v) is 10.5. The van der Waals surface area contributed by atoms with Crippen LogP contribution in [-0.2, 0) is 4.74 Å². The first kappa shape index (κ1) is 13.9. The molecule has 1 fully saturated rings. The van der Waals surface area contributed by atoms with Gasteiger partial charge in [-0.15, -0.1) is 0 Å². The fourth-order valence-electron chi connectivity index (χ4n) is 2.04. The second kappa shape index (κ2) is 5.22. The Morgan fingerprint density at radius 3 is 2.68 bits per heavy atom. The highest BCUT2D eigenvalue weighted by molar-refractivity contribution is 5.94. The van der Waals surface area contributed by atoms with Crippen LogP contribution in [0.5, 0.6) is 0 Å². The molecule has 0 saturated carbocycles. The van der Waals surface area contributed by atoms with Crippen molar-refractivity contribution >= 4 is 5.91 Å². The molecule has 0 spiro atoms. The summed E-state index contributed by atoms with van der Waals surface area (Å²) < 4.78 is 32.0. The summed E-state index contributed by atoms with van der Waals surface area (Å²) in [6, 6.07) is 3.20. The number of halogens is 2. The average Bonchev–Trinajstić information content (AvgIpc) is 2.67. The maximum atomic E-state index is 13.4. The minimum Gasteiger partial charge on any atom is -0.385 e. The molecule has 104 valence electrons. The maximum Gasteiger partial charge on any atom is 0.257 e. The number of hydrogen-bond acceptors (Lipinski definition) is 3. The molecular weight excluding hydrogens is 256 g/mol. The molecule has 0 aromatic heterocycles. The standard InChI is InChI=1S/C13H15F2NO3/c1-8-13(18,5-6-19-8)7-16-12(17)11-9(14)3-2-4-10(11)15/h2-4,8,18H,5-7H2,1H3,(H,16,17). The summed E-state index contributed by atoms with van der Waals surface area (Å²) in [5.74, 6) is -2.75. The fraction of sp³-hybridized carbons (Fsp3) is 0.462. The van der Waals surface area contributed by atoms with Crippen molar-refractivity contribution in [3.63, 3.8) is 0 Å². The van der Waals surface area contributed by atoms with Gasteiger partial charge in [0.15, 0.2) is 0 Å². The van der Waals surface area contributed by atoms with E-state index in [-0.39, 0.29) is 6.54 Å². The highest BCUT2D eigenvalue weighted by Crippen LogP contribution is 2.25. The van der Waals surface area contributed by atoms with Gasteiger partial charge >= 0.3 is 0 Å². The highest BCUT2D eigenvalue weighted by Gasteiger charge is 2.39. The van der Waals surface area contributed by atoms with Crippen molar-refractivity contribution in [3.8, 4) is 0 Å². The topological polar surface area (TPSA) is 58.6 Å². The molecule has 1 saturated heterocycles. The number of rotatable bonds is 3. The van der Waals surface area contributed by atoms with E-state index in [9.17, 15) is 18.7 Å². The summed E-state index contributed by atoms with van der Waals surface area (Å²) in [6.07, 6.45) is -0.0629. The number of ether oxygens (including phenoxy) is 1. The van der Waals surface area contributed by atoms with E-state index in [1.807, 2.05) is 0 Å². The largest absolute Gasteiger partial charge is 0.385 e. The van der Waals surface area contributed by atoms with Crippen LogP contribution in [0.25, 0.3) is 0 Å². The van der Waals surface area contributed by atoms with Gasteiger partial charge in [0.1, 0.15) is 22.8 Å². The van der Waals surface area contributed by atoms with E-state index in [2.05, 4.69) is 5.32 Å². The van der Waals surface area contributed by atoms with Gasteiger partial charge in [-0.1, -0.05) is 6.07 Å². The third kappa shape index (κ3) is 2.74. The van der Waals surface area contributed by atoms with Crippen molar-refractivity contribution in [2.24, 2.45) is 0 Å². The normalized spacial score (nSPS) is 26.4. The Kier molecular flexibility index (Phi) is 3.82. The third-order valence-electron chi connectivity index (χ3n) is 3.40. The first-order chi connectivity index (χ1) is 8.94. The van der Waals surface area contributed by atoms with E-state index in [0.717, 1.165) is 12.1 Å². The molecule has 2 unspecified atom stereocenters. The Morgan fingerprint density at radius 2 is 2.16 bits per heavy atom. The lowest BCUT2D eigenvalue weighted by atomic mass is 9.96. The summed E-state index contributed by atoms with van der Waals surface area (Å²) in [5, 5.41) is 12.5. The Hall–Kier alpha value is -1.53. The van der Waals surface area contributed by atoms with Crippen molar-refractivity contribution in [1.29, 1.82) is 0 Å². The van der Waals surface area contributed by atoms with Crippen LogP contribution < -0.4 is 5.32 Å². The van der Waals surface area contributed by atoms with E-state index in [1.165, 1.54) is 6.07 Å². The Balaban J connectivity index is 2.06. The van der Waals surface area contributed by atoms with Crippen LogP contribution in [0.15, 0.2) is 18.2 Å². The van der Waals surface area contributed by atoms with Crippen molar-refractivity contribution in [2.45, 2.75) is 25.0 Å². The molecule has 1 aliphatic heterocycles. The van der Waals surface area contributed by atoms with Crippen molar-refractivity contribution < 1.29 is 23.4 Å². The smallest absolute Gasteiger partial charge is 0.257 e. The molecule has 0 radical (unpaired) electrons. The molecule has 2 atom stereocenters. The molecule has 19 heavy (non-hydrogen) atoms. The van der Waals surface area contributed by atoms with Crippen LogP contribution >= 0.6 is 0 Å². The molecule has 1 aliphatic rings. The number of hydrogen-bond donors (Lipinski definition) is 2. The van der Waals surface area contributed by atoms with Crippen LogP contribution in [0.2, 0.25) is 0 Å². The van der Waals surface area contributed by atoms with Crippen LogP contribution in [0.3, 0.4) is 0 Å². The van der Waals surface area contributed by atoms with Gasteiger partial charge in [-0.3, -0.25) is 4.79 Å². The minimum atomic E-state index is -1.20. The third-order valence-corrected chi connectivity index (χ3v) is 3.40. The van der Waals surface area contributed by atoms with Crippen LogP contribution in [-0.4, -0.2) is 35.9 Å². The van der Waals surface area contributed by atoms with Crippen molar-refractivity contribution in [3.05, 3.63) is 35.4 Å². The van der Waals surface area contributed by atoms with Gasteiger partial charge < -0.3 is 15.2 Å². The van der Waals surface area contributed by atoms with E-state index in [0.29, 0.717) is 13.0 Å². The van der Waals surface area contributed by atoms with Crippen molar-refractivity contribution in [2.75, 3.05) is 13.2 Å². The number of amides is 1. The van der Waals surface area contributed by atoms with Gasteiger partial charge in [0.05, 0.1) is 6.10 Å². The maximum absolute atomic E-state index is 13.4. The molecule has 1 aromatic carbocycles. The SMILES string of the molecule is CC1OCCC1(O)CNC(=O)c1c(F)cccc1F. The first-order valence-electron chi connectivity index (χ1n) is 6.00. The van der Waals surface area contributed by atoms with Gasteiger partial charge in [0.2, 0.25) is 0 Å². The summed E-state index contributed by atoms with van der Waals surface area (Å²) in [6.45, 7) is 1.96. The molecule has 1 aromatic rings. The predicted octanol–water partition coefficient (Wildman–Crippen LogP) is 1.23. The van der Waals surface area contributed by atoms with Crippen LogP contribution in [0.1, 0.15) is 23.7 Å². The summed E-state index contributed by atoms with van der Waals surface area (Å²) in [5.41, 5.74) is -1.84. The zero-order chi connectivity index (χ0) is 14.0. The van der Waals surface area contributed by atoms with E-state index in [1.54, 1.807) is 6.92 Å². The van der Waals surface area contributed by atoms with E-state index < -0.39 is 34.8 Å². The molecule has 1 heterocycles. The average molecular weight is 271 g/mol. The number of carbonyl (C=O) groups excluding carboxylic acids is 1. The van der Waals surface area contributed by atoms with Gasteiger partial charge in [0.25, 0.3) is 5.91 Å². The molecule has 4 nitrogen and oxygen atoms in total. The van der Waals surface area contributed by atoms with Gasteiger partial charge in [-0.05, 0) is 19.1 Å². The lowest BCUT2D eigenvalue weighted by Crippen LogP contribution is -2.47. The van der Waals surface area contributed by atoms with Crippen LogP contribution in [0.4, 0.5) is 8.78 Å². The summed E-state index contributed by atoms with van der Waals surface area (Å²) in [7, 11) is 0. The van der Waals surface area contributed by atoms with Crippen molar-refractivity contribution in [1.82, 2.24) is 5.32 Å². The van der Waals surface area contributed by atoms with Gasteiger partial charge in [-0.2, -0.15) is 0 Å². The lowest BCUT2D eigenvalue weighted by molar-refractivity contribution is -0.0252.